The fourth-order valence-electron chi connectivity index (χ4n) is 3.25. The molecule has 4 nitrogen and oxygen atoms in total. The number of rotatable bonds is 5. The minimum absolute atomic E-state index is 0.227. The summed E-state index contributed by atoms with van der Waals surface area (Å²) in [6.45, 7) is 4.03. The van der Waals surface area contributed by atoms with Gasteiger partial charge in [-0.3, -0.25) is 4.79 Å². The van der Waals surface area contributed by atoms with E-state index in [1.54, 1.807) is 19.1 Å². The molecule has 1 aliphatic rings. The highest BCUT2D eigenvalue weighted by atomic mass is 16.5. The number of benzene rings is 1. The van der Waals surface area contributed by atoms with Crippen molar-refractivity contribution in [2.45, 2.75) is 52.4 Å². The molecule has 1 heterocycles. The first-order valence-electron chi connectivity index (χ1n) is 8.85. The molecule has 24 heavy (non-hydrogen) atoms. The van der Waals surface area contributed by atoms with Crippen molar-refractivity contribution in [3.8, 4) is 17.1 Å². The van der Waals surface area contributed by atoms with Gasteiger partial charge in [0.15, 0.2) is 5.82 Å². The molecule has 0 saturated heterocycles. The predicted octanol–water partition coefficient (Wildman–Crippen LogP) is 4.36. The third kappa shape index (κ3) is 3.81. The van der Waals surface area contributed by atoms with Crippen molar-refractivity contribution >= 4 is 5.97 Å². The Labute approximate surface area is 143 Å². The second kappa shape index (κ2) is 7.56. The third-order valence-corrected chi connectivity index (χ3v) is 4.58. The highest BCUT2D eigenvalue weighted by molar-refractivity contribution is 5.72. The number of carbonyl (C=O) groups excluding carboxylic acids is 1. The van der Waals surface area contributed by atoms with Crippen molar-refractivity contribution in [3.05, 3.63) is 41.7 Å². The molecule has 1 aromatic carbocycles. The zero-order chi connectivity index (χ0) is 16.9. The molecular formula is C20H24N2O2. The predicted molar refractivity (Wildman–Crippen MR) is 93.8 cm³/mol. The maximum absolute atomic E-state index is 11.3. The Bertz CT molecular complexity index is 710. The SMILES string of the molecule is CCCC1CCc2nc(-c3ccc(OC(=O)CC)cc3)ncc2C1. The molecule has 0 radical (unpaired) electrons. The summed E-state index contributed by atoms with van der Waals surface area (Å²) in [5, 5.41) is 0. The van der Waals surface area contributed by atoms with E-state index in [9.17, 15) is 4.79 Å². The average molecular weight is 324 g/mol. The number of fused-ring (bicyclic) bond motifs is 1. The molecule has 4 heteroatoms. The smallest absolute Gasteiger partial charge is 0.310 e. The van der Waals surface area contributed by atoms with Gasteiger partial charge in [0.05, 0.1) is 0 Å². The van der Waals surface area contributed by atoms with Gasteiger partial charge in [-0.2, -0.15) is 0 Å². The molecule has 0 spiro atoms. The number of ether oxygens (including phenoxy) is 1. The number of aryl methyl sites for hydroxylation is 1. The Kier molecular flexibility index (Phi) is 5.24. The first kappa shape index (κ1) is 16.6. The number of carbonyl (C=O) groups is 1. The van der Waals surface area contributed by atoms with Gasteiger partial charge in [-0.25, -0.2) is 9.97 Å². The molecule has 1 atom stereocenters. The normalized spacial score (nSPS) is 16.5. The average Bonchev–Trinajstić information content (AvgIpc) is 2.62. The number of esters is 1. The Morgan fingerprint density at radius 3 is 2.75 bits per heavy atom. The van der Waals surface area contributed by atoms with Gasteiger partial charge < -0.3 is 4.74 Å². The number of hydrogen-bond acceptors (Lipinski definition) is 4. The standard InChI is InChI=1S/C20H24N2O2/c1-3-5-14-6-11-18-16(12-14)13-21-20(22-18)15-7-9-17(10-8-15)24-19(23)4-2/h7-10,13-14H,3-6,11-12H2,1-2H3. The van der Waals surface area contributed by atoms with Crippen molar-refractivity contribution in [2.75, 3.05) is 0 Å². The molecule has 126 valence electrons. The van der Waals surface area contributed by atoms with Crippen LogP contribution in [0.2, 0.25) is 0 Å². The van der Waals surface area contributed by atoms with Gasteiger partial charge in [0.25, 0.3) is 0 Å². The van der Waals surface area contributed by atoms with E-state index in [2.05, 4.69) is 11.9 Å². The highest BCUT2D eigenvalue weighted by Gasteiger charge is 2.20. The summed E-state index contributed by atoms with van der Waals surface area (Å²) >= 11 is 0. The summed E-state index contributed by atoms with van der Waals surface area (Å²) in [5.41, 5.74) is 3.44. The van der Waals surface area contributed by atoms with Crippen molar-refractivity contribution in [3.63, 3.8) is 0 Å². The number of hydrogen-bond donors (Lipinski definition) is 0. The van der Waals surface area contributed by atoms with Crippen molar-refractivity contribution < 1.29 is 9.53 Å². The largest absolute Gasteiger partial charge is 0.427 e. The zero-order valence-corrected chi connectivity index (χ0v) is 14.4. The Hall–Kier alpha value is -2.23. The van der Waals surface area contributed by atoms with Crippen LogP contribution in [0.1, 0.15) is 50.8 Å². The molecule has 0 bridgehead atoms. The molecular weight excluding hydrogens is 300 g/mol. The second-order valence-corrected chi connectivity index (χ2v) is 6.42. The van der Waals surface area contributed by atoms with E-state index in [4.69, 9.17) is 9.72 Å². The minimum Gasteiger partial charge on any atom is -0.427 e. The second-order valence-electron chi connectivity index (χ2n) is 6.42. The van der Waals surface area contributed by atoms with Crippen LogP contribution in [0, 0.1) is 5.92 Å². The maximum atomic E-state index is 11.3. The van der Waals surface area contributed by atoms with Crippen LogP contribution in [-0.2, 0) is 17.6 Å². The van der Waals surface area contributed by atoms with Crippen LogP contribution < -0.4 is 4.74 Å². The summed E-state index contributed by atoms with van der Waals surface area (Å²) < 4.78 is 5.20. The molecule has 0 fully saturated rings. The van der Waals surface area contributed by atoms with E-state index in [0.717, 1.165) is 30.1 Å². The molecule has 1 aromatic heterocycles. The molecule has 2 aromatic rings. The number of aromatic nitrogens is 2. The molecule has 0 saturated carbocycles. The van der Waals surface area contributed by atoms with Crippen LogP contribution in [0.5, 0.6) is 5.75 Å². The van der Waals surface area contributed by atoms with Crippen molar-refractivity contribution in [2.24, 2.45) is 5.92 Å². The first-order valence-corrected chi connectivity index (χ1v) is 8.85. The number of nitrogens with zero attached hydrogens (tertiary/aromatic N) is 2. The molecule has 1 aliphatic carbocycles. The monoisotopic (exact) mass is 324 g/mol. The maximum Gasteiger partial charge on any atom is 0.310 e. The van der Waals surface area contributed by atoms with Gasteiger partial charge in [0.2, 0.25) is 0 Å². The van der Waals surface area contributed by atoms with Crippen molar-refractivity contribution in [1.29, 1.82) is 0 Å². The zero-order valence-electron chi connectivity index (χ0n) is 14.4. The van der Waals surface area contributed by atoms with E-state index in [1.165, 1.54) is 30.5 Å². The Morgan fingerprint density at radius 2 is 2.04 bits per heavy atom. The first-order chi connectivity index (χ1) is 11.7. The van der Waals surface area contributed by atoms with E-state index in [0.29, 0.717) is 12.2 Å². The summed E-state index contributed by atoms with van der Waals surface area (Å²) in [6.07, 6.45) is 8.27. The molecule has 0 N–H and O–H groups in total. The fourth-order valence-corrected chi connectivity index (χ4v) is 3.25. The lowest BCUT2D eigenvalue weighted by Gasteiger charge is -2.23. The van der Waals surface area contributed by atoms with Gasteiger partial charge in [-0.15, -0.1) is 0 Å². The lowest BCUT2D eigenvalue weighted by Crippen LogP contribution is -2.16. The molecule has 3 rings (SSSR count). The molecule has 1 unspecified atom stereocenters. The van der Waals surface area contributed by atoms with Gasteiger partial charge in [-0.1, -0.05) is 26.7 Å². The van der Waals surface area contributed by atoms with E-state index in [-0.39, 0.29) is 5.97 Å². The van der Waals surface area contributed by atoms with E-state index < -0.39 is 0 Å². The lowest BCUT2D eigenvalue weighted by atomic mass is 9.84. The summed E-state index contributed by atoms with van der Waals surface area (Å²) in [7, 11) is 0. The van der Waals surface area contributed by atoms with Gasteiger partial charge in [0.1, 0.15) is 5.75 Å². The summed E-state index contributed by atoms with van der Waals surface area (Å²) in [5.74, 6) is 1.86. The summed E-state index contributed by atoms with van der Waals surface area (Å²) in [6, 6.07) is 7.40. The topological polar surface area (TPSA) is 52.1 Å². The molecule has 0 amide bonds. The van der Waals surface area contributed by atoms with E-state index in [1.807, 2.05) is 18.3 Å². The van der Waals surface area contributed by atoms with Crippen LogP contribution in [0.4, 0.5) is 0 Å². The summed E-state index contributed by atoms with van der Waals surface area (Å²) in [4.78, 5) is 20.6. The lowest BCUT2D eigenvalue weighted by molar-refractivity contribution is -0.134. The quantitative estimate of drug-likeness (QED) is 0.605. The van der Waals surface area contributed by atoms with Gasteiger partial charge in [-0.05, 0) is 55.0 Å². The van der Waals surface area contributed by atoms with E-state index >= 15 is 0 Å². The Morgan fingerprint density at radius 1 is 1.25 bits per heavy atom. The van der Waals surface area contributed by atoms with Crippen LogP contribution in [0.3, 0.4) is 0 Å². The molecule has 0 aliphatic heterocycles. The minimum atomic E-state index is -0.227. The third-order valence-electron chi connectivity index (χ3n) is 4.58. The van der Waals surface area contributed by atoms with Crippen LogP contribution >= 0.6 is 0 Å². The Balaban J connectivity index is 1.75. The van der Waals surface area contributed by atoms with Crippen LogP contribution in [0.15, 0.2) is 30.5 Å². The van der Waals surface area contributed by atoms with Crippen LogP contribution in [-0.4, -0.2) is 15.9 Å². The van der Waals surface area contributed by atoms with Gasteiger partial charge >= 0.3 is 5.97 Å². The fraction of sp³-hybridized carbons (Fsp3) is 0.450. The van der Waals surface area contributed by atoms with Crippen LogP contribution in [0.25, 0.3) is 11.4 Å². The van der Waals surface area contributed by atoms with Crippen molar-refractivity contribution in [1.82, 2.24) is 9.97 Å². The van der Waals surface area contributed by atoms with Gasteiger partial charge in [0, 0.05) is 23.9 Å². The highest BCUT2D eigenvalue weighted by Crippen LogP contribution is 2.28.